The lowest BCUT2D eigenvalue weighted by atomic mass is 10.1. The van der Waals surface area contributed by atoms with E-state index >= 15 is 0 Å². The number of halogens is 3. The molecule has 20 heavy (non-hydrogen) atoms. The van der Waals surface area contributed by atoms with Crippen molar-refractivity contribution in [1.82, 2.24) is 4.98 Å². The molecule has 1 fully saturated rings. The maximum absolute atomic E-state index is 12.6. The van der Waals surface area contributed by atoms with Gasteiger partial charge in [0.1, 0.15) is 23.4 Å². The molecule has 1 aromatic heterocycles. The van der Waals surface area contributed by atoms with Crippen LogP contribution in [0.4, 0.5) is 13.2 Å². The van der Waals surface area contributed by atoms with Crippen molar-refractivity contribution in [3.63, 3.8) is 0 Å². The Balaban J connectivity index is 2.22. The highest BCUT2D eigenvalue weighted by molar-refractivity contribution is 5.39. The van der Waals surface area contributed by atoms with E-state index in [4.69, 9.17) is 10.00 Å². The highest BCUT2D eigenvalue weighted by Crippen LogP contribution is 2.31. The van der Waals surface area contributed by atoms with E-state index in [0.29, 0.717) is 0 Å². The van der Waals surface area contributed by atoms with Crippen LogP contribution in [0, 0.1) is 11.3 Å². The highest BCUT2D eigenvalue weighted by atomic mass is 19.4. The van der Waals surface area contributed by atoms with Crippen LogP contribution < -0.4 is 4.74 Å². The average Bonchev–Trinajstić information content (AvgIpc) is 2.66. The van der Waals surface area contributed by atoms with Gasteiger partial charge in [-0.1, -0.05) is 12.8 Å². The summed E-state index contributed by atoms with van der Waals surface area (Å²) in [7, 11) is 0. The minimum absolute atomic E-state index is 0.0437. The number of pyridine rings is 1. The minimum atomic E-state index is -4.53. The molecule has 0 radical (unpaired) electrons. The third-order valence-corrected chi connectivity index (χ3v) is 3.35. The van der Waals surface area contributed by atoms with Gasteiger partial charge in [-0.2, -0.15) is 18.4 Å². The summed E-state index contributed by atoms with van der Waals surface area (Å²) in [5, 5.41) is 8.95. The van der Waals surface area contributed by atoms with Gasteiger partial charge in [-0.3, -0.25) is 0 Å². The van der Waals surface area contributed by atoms with Crippen molar-refractivity contribution in [3.8, 4) is 11.9 Å². The van der Waals surface area contributed by atoms with E-state index in [9.17, 15) is 13.2 Å². The van der Waals surface area contributed by atoms with Crippen molar-refractivity contribution < 1.29 is 17.9 Å². The van der Waals surface area contributed by atoms with Crippen molar-refractivity contribution in [1.29, 1.82) is 5.26 Å². The van der Waals surface area contributed by atoms with Crippen LogP contribution in [0.5, 0.6) is 5.88 Å². The van der Waals surface area contributed by atoms with E-state index in [1.54, 1.807) is 0 Å². The Labute approximate surface area is 115 Å². The molecule has 0 unspecified atom stereocenters. The fourth-order valence-corrected chi connectivity index (χ4v) is 2.29. The van der Waals surface area contributed by atoms with E-state index in [1.807, 2.05) is 6.07 Å². The molecule has 6 heteroatoms. The molecule has 0 saturated heterocycles. The smallest absolute Gasteiger partial charge is 0.433 e. The second-order valence-electron chi connectivity index (χ2n) is 4.89. The van der Waals surface area contributed by atoms with E-state index in [1.165, 1.54) is 0 Å². The van der Waals surface area contributed by atoms with E-state index in [0.717, 1.165) is 50.7 Å². The first-order valence-corrected chi connectivity index (χ1v) is 6.65. The maximum atomic E-state index is 12.6. The van der Waals surface area contributed by atoms with Crippen molar-refractivity contribution in [2.24, 2.45) is 0 Å². The third-order valence-electron chi connectivity index (χ3n) is 3.35. The van der Waals surface area contributed by atoms with Gasteiger partial charge >= 0.3 is 6.18 Å². The van der Waals surface area contributed by atoms with Gasteiger partial charge in [0.05, 0.1) is 0 Å². The molecule has 0 N–H and O–H groups in total. The van der Waals surface area contributed by atoms with Crippen LogP contribution in [-0.4, -0.2) is 11.1 Å². The highest BCUT2D eigenvalue weighted by Gasteiger charge is 2.33. The first kappa shape index (κ1) is 14.6. The third kappa shape index (κ3) is 3.62. The van der Waals surface area contributed by atoms with E-state index in [2.05, 4.69) is 4.98 Å². The second kappa shape index (κ2) is 6.12. The summed E-state index contributed by atoms with van der Waals surface area (Å²) in [6.07, 6.45) is 1.11. The molecule has 3 nitrogen and oxygen atoms in total. The van der Waals surface area contributed by atoms with Crippen LogP contribution in [0.3, 0.4) is 0 Å². The normalized spacial score (nSPS) is 17.3. The van der Waals surface area contributed by atoms with E-state index < -0.39 is 11.9 Å². The fraction of sp³-hybridized carbons (Fsp3) is 0.571. The number of hydrogen-bond donors (Lipinski definition) is 0. The molecule has 0 amide bonds. The zero-order valence-corrected chi connectivity index (χ0v) is 10.9. The molecule has 2 rings (SSSR count). The zero-order valence-electron chi connectivity index (χ0n) is 10.9. The van der Waals surface area contributed by atoms with Gasteiger partial charge < -0.3 is 4.74 Å². The standard InChI is InChI=1S/C14H15F3N2O/c15-14(16,17)12-8-7-10(9-18)13(19-12)20-11-5-3-1-2-4-6-11/h7-8,11H,1-6H2. The largest absolute Gasteiger partial charge is 0.473 e. The van der Waals surface area contributed by atoms with Crippen LogP contribution in [0.15, 0.2) is 12.1 Å². The quantitative estimate of drug-likeness (QED) is 0.769. The lowest BCUT2D eigenvalue weighted by Crippen LogP contribution is -2.18. The average molecular weight is 284 g/mol. The van der Waals surface area contributed by atoms with E-state index in [-0.39, 0.29) is 17.5 Å². The predicted molar refractivity (Wildman–Crippen MR) is 66.1 cm³/mol. The van der Waals surface area contributed by atoms with Gasteiger partial charge in [-0.15, -0.1) is 0 Å². The van der Waals surface area contributed by atoms with Gasteiger partial charge in [0, 0.05) is 0 Å². The molecule has 0 aromatic carbocycles. The summed E-state index contributed by atoms with van der Waals surface area (Å²) in [5.41, 5.74) is -0.984. The van der Waals surface area contributed by atoms with Crippen molar-refractivity contribution in [3.05, 3.63) is 23.4 Å². The predicted octanol–water partition coefficient (Wildman–Crippen LogP) is 4.07. The molecular formula is C14H15F3N2O. The summed E-state index contributed by atoms with van der Waals surface area (Å²) in [6, 6.07) is 3.74. The monoisotopic (exact) mass is 284 g/mol. The molecule has 0 bridgehead atoms. The van der Waals surface area contributed by atoms with Gasteiger partial charge in [0.15, 0.2) is 0 Å². The summed E-state index contributed by atoms with van der Waals surface area (Å²) in [6.45, 7) is 0. The Hall–Kier alpha value is -1.77. The molecule has 1 saturated carbocycles. The van der Waals surface area contributed by atoms with Crippen molar-refractivity contribution >= 4 is 0 Å². The van der Waals surface area contributed by atoms with Crippen LogP contribution in [0.1, 0.15) is 49.8 Å². The topological polar surface area (TPSA) is 45.9 Å². The Morgan fingerprint density at radius 3 is 2.35 bits per heavy atom. The SMILES string of the molecule is N#Cc1ccc(C(F)(F)F)nc1OC1CCCCCC1. The molecule has 0 aliphatic heterocycles. The van der Waals surface area contributed by atoms with Gasteiger partial charge in [0.25, 0.3) is 0 Å². The number of hydrogen-bond acceptors (Lipinski definition) is 3. The molecule has 0 atom stereocenters. The van der Waals surface area contributed by atoms with Gasteiger partial charge in [-0.05, 0) is 37.8 Å². The lowest BCUT2D eigenvalue weighted by Gasteiger charge is -2.17. The molecule has 0 spiro atoms. The molecular weight excluding hydrogens is 269 g/mol. The molecule has 1 aliphatic carbocycles. The maximum Gasteiger partial charge on any atom is 0.433 e. The Bertz CT molecular complexity index is 500. The van der Waals surface area contributed by atoms with Gasteiger partial charge in [0.2, 0.25) is 5.88 Å². The van der Waals surface area contributed by atoms with Crippen LogP contribution in [0.2, 0.25) is 0 Å². The summed E-state index contributed by atoms with van der Waals surface area (Å²) >= 11 is 0. The summed E-state index contributed by atoms with van der Waals surface area (Å²) in [4.78, 5) is 3.47. The Morgan fingerprint density at radius 1 is 1.15 bits per heavy atom. The van der Waals surface area contributed by atoms with Crippen LogP contribution in [0.25, 0.3) is 0 Å². The van der Waals surface area contributed by atoms with Crippen molar-refractivity contribution in [2.75, 3.05) is 0 Å². The number of ether oxygens (including phenoxy) is 1. The van der Waals surface area contributed by atoms with Crippen molar-refractivity contribution in [2.45, 2.75) is 50.8 Å². The minimum Gasteiger partial charge on any atom is -0.473 e. The first-order chi connectivity index (χ1) is 9.50. The molecule has 108 valence electrons. The van der Waals surface area contributed by atoms with Gasteiger partial charge in [-0.25, -0.2) is 4.98 Å². The number of nitrogens with zero attached hydrogens (tertiary/aromatic N) is 2. The van der Waals surface area contributed by atoms with Crippen LogP contribution in [-0.2, 0) is 6.18 Å². The molecule has 1 heterocycles. The van der Waals surface area contributed by atoms with Crippen LogP contribution >= 0.6 is 0 Å². The Kier molecular flexibility index (Phi) is 4.48. The number of nitriles is 1. The second-order valence-corrected chi connectivity index (χ2v) is 4.89. The Morgan fingerprint density at radius 2 is 1.80 bits per heavy atom. The number of aromatic nitrogens is 1. The zero-order chi connectivity index (χ0) is 14.6. The number of alkyl halides is 3. The molecule has 1 aromatic rings. The number of rotatable bonds is 2. The summed E-state index contributed by atoms with van der Waals surface area (Å²) < 4.78 is 43.5. The lowest BCUT2D eigenvalue weighted by molar-refractivity contribution is -0.141. The molecule has 1 aliphatic rings. The first-order valence-electron chi connectivity index (χ1n) is 6.65. The fourth-order valence-electron chi connectivity index (χ4n) is 2.29. The summed E-state index contributed by atoms with van der Waals surface area (Å²) in [5.74, 6) is -0.200.